The highest BCUT2D eigenvalue weighted by Crippen LogP contribution is 2.18. The van der Waals surface area contributed by atoms with E-state index in [0.717, 1.165) is 35.9 Å². The van der Waals surface area contributed by atoms with Crippen LogP contribution in [0.4, 0.5) is 0 Å². The molecule has 154 valence electrons. The van der Waals surface area contributed by atoms with Crippen molar-refractivity contribution in [2.75, 3.05) is 12.8 Å². The van der Waals surface area contributed by atoms with Crippen LogP contribution >= 0.6 is 11.8 Å². The van der Waals surface area contributed by atoms with Crippen LogP contribution in [0.1, 0.15) is 37.7 Å². The van der Waals surface area contributed by atoms with Crippen LogP contribution in [0.3, 0.4) is 0 Å². The van der Waals surface area contributed by atoms with Gasteiger partial charge in [-0.05, 0) is 30.2 Å². The van der Waals surface area contributed by atoms with Gasteiger partial charge in [0, 0.05) is 31.9 Å². The van der Waals surface area contributed by atoms with E-state index in [9.17, 15) is 4.79 Å². The van der Waals surface area contributed by atoms with E-state index in [1.54, 1.807) is 22.6 Å². The van der Waals surface area contributed by atoms with Crippen molar-refractivity contribution in [3.8, 4) is 0 Å². The smallest absolute Gasteiger partial charge is 0.249 e. The molecule has 0 radical (unpaired) electrons. The van der Waals surface area contributed by atoms with E-state index in [1.807, 2.05) is 48.9 Å². The molecule has 0 aliphatic heterocycles. The zero-order valence-corrected chi connectivity index (χ0v) is 18.0. The number of benzene rings is 1. The first-order valence-electron chi connectivity index (χ1n) is 9.88. The molecule has 2 aromatic heterocycles. The predicted molar refractivity (Wildman–Crippen MR) is 115 cm³/mol. The average molecular weight is 413 g/mol. The van der Waals surface area contributed by atoms with E-state index in [-0.39, 0.29) is 5.91 Å². The van der Waals surface area contributed by atoms with Crippen LogP contribution in [0.25, 0.3) is 0 Å². The third-order valence-electron chi connectivity index (χ3n) is 4.55. The molecular weight excluding hydrogens is 384 g/mol. The number of amides is 1. The number of hydrogen-bond acceptors (Lipinski definition) is 5. The number of aromatic nitrogens is 5. The number of aryl methyl sites for hydroxylation is 1. The Morgan fingerprint density at radius 3 is 2.62 bits per heavy atom. The van der Waals surface area contributed by atoms with Gasteiger partial charge in [-0.2, -0.15) is 5.10 Å². The van der Waals surface area contributed by atoms with Crippen molar-refractivity contribution in [1.29, 1.82) is 0 Å². The standard InChI is InChI=1S/C21H28N6OS/c1-16(2)15-26-18(24-25-21(26)29-3)11-7-12-22-20(28)19(27-14-8-13-23-27)17-9-5-4-6-10-17/h4-6,8-10,13-14,16,19H,7,11-12,15H2,1-3H3,(H,22,28). The normalized spacial score (nSPS) is 12.3. The van der Waals surface area contributed by atoms with Crippen molar-refractivity contribution in [3.63, 3.8) is 0 Å². The quantitative estimate of drug-likeness (QED) is 0.409. The molecule has 3 aromatic rings. The molecular formula is C21H28N6OS. The minimum absolute atomic E-state index is 0.0617. The van der Waals surface area contributed by atoms with Gasteiger partial charge in [-0.15, -0.1) is 10.2 Å². The van der Waals surface area contributed by atoms with E-state index >= 15 is 0 Å². The lowest BCUT2D eigenvalue weighted by atomic mass is 10.1. The fourth-order valence-corrected chi connectivity index (χ4v) is 3.77. The number of nitrogens with zero attached hydrogens (tertiary/aromatic N) is 5. The van der Waals surface area contributed by atoms with Gasteiger partial charge in [0.05, 0.1) is 0 Å². The molecule has 1 N–H and O–H groups in total. The minimum atomic E-state index is -0.473. The van der Waals surface area contributed by atoms with Crippen molar-refractivity contribution in [1.82, 2.24) is 29.9 Å². The highest BCUT2D eigenvalue weighted by Gasteiger charge is 2.22. The van der Waals surface area contributed by atoms with Gasteiger partial charge in [-0.3, -0.25) is 9.48 Å². The molecule has 1 aromatic carbocycles. The maximum atomic E-state index is 12.9. The second-order valence-electron chi connectivity index (χ2n) is 7.30. The second-order valence-corrected chi connectivity index (χ2v) is 8.07. The fraction of sp³-hybridized carbons (Fsp3) is 0.429. The average Bonchev–Trinajstić information content (AvgIpc) is 3.36. The first-order chi connectivity index (χ1) is 14.1. The third kappa shape index (κ3) is 5.47. The van der Waals surface area contributed by atoms with E-state index < -0.39 is 6.04 Å². The SMILES string of the molecule is CSc1nnc(CCCNC(=O)C(c2ccccc2)n2cccn2)n1CC(C)C. The van der Waals surface area contributed by atoms with E-state index in [2.05, 4.69) is 39.0 Å². The molecule has 0 fully saturated rings. The summed E-state index contributed by atoms with van der Waals surface area (Å²) in [6.07, 6.45) is 7.10. The molecule has 2 heterocycles. The van der Waals surface area contributed by atoms with Crippen molar-refractivity contribution in [3.05, 3.63) is 60.2 Å². The summed E-state index contributed by atoms with van der Waals surface area (Å²) in [5, 5.41) is 16.9. The first kappa shape index (κ1) is 21.1. The van der Waals surface area contributed by atoms with Crippen molar-refractivity contribution in [2.45, 2.75) is 44.4 Å². The Balaban J connectivity index is 1.60. The molecule has 0 spiro atoms. The molecule has 0 bridgehead atoms. The molecule has 7 nitrogen and oxygen atoms in total. The van der Waals surface area contributed by atoms with Gasteiger partial charge in [0.25, 0.3) is 0 Å². The monoisotopic (exact) mass is 412 g/mol. The van der Waals surface area contributed by atoms with Crippen molar-refractivity contribution >= 4 is 17.7 Å². The lowest BCUT2D eigenvalue weighted by Crippen LogP contribution is -2.34. The maximum absolute atomic E-state index is 12.9. The number of carbonyl (C=O) groups excluding carboxylic acids is 1. The summed E-state index contributed by atoms with van der Waals surface area (Å²) in [4.78, 5) is 12.9. The molecule has 1 amide bonds. The Labute approximate surface area is 175 Å². The van der Waals surface area contributed by atoms with Gasteiger partial charge in [0.2, 0.25) is 5.91 Å². The van der Waals surface area contributed by atoms with Gasteiger partial charge < -0.3 is 9.88 Å². The number of thioether (sulfide) groups is 1. The van der Waals surface area contributed by atoms with Gasteiger partial charge in [0.15, 0.2) is 11.2 Å². The van der Waals surface area contributed by atoms with Crippen LogP contribution in [-0.2, 0) is 17.8 Å². The Hall–Kier alpha value is -2.61. The van der Waals surface area contributed by atoms with Crippen LogP contribution in [-0.4, -0.2) is 43.3 Å². The second kappa shape index (κ2) is 10.2. The summed E-state index contributed by atoms with van der Waals surface area (Å²) in [6.45, 7) is 5.85. The molecule has 8 heteroatoms. The lowest BCUT2D eigenvalue weighted by Gasteiger charge is -2.18. The van der Waals surface area contributed by atoms with E-state index in [4.69, 9.17) is 0 Å². The number of carbonyl (C=O) groups is 1. The summed E-state index contributed by atoms with van der Waals surface area (Å²) in [7, 11) is 0. The molecule has 1 unspecified atom stereocenters. The Morgan fingerprint density at radius 2 is 1.97 bits per heavy atom. The number of nitrogens with one attached hydrogen (secondary N) is 1. The van der Waals surface area contributed by atoms with Gasteiger partial charge in [-0.25, -0.2) is 0 Å². The molecule has 0 saturated carbocycles. The predicted octanol–water partition coefficient (Wildman–Crippen LogP) is 3.19. The molecule has 0 aliphatic carbocycles. The van der Waals surface area contributed by atoms with Crippen LogP contribution < -0.4 is 5.32 Å². The number of hydrogen-bond donors (Lipinski definition) is 1. The summed E-state index contributed by atoms with van der Waals surface area (Å²) >= 11 is 1.61. The number of rotatable bonds is 10. The van der Waals surface area contributed by atoms with Crippen molar-refractivity contribution < 1.29 is 4.79 Å². The topological polar surface area (TPSA) is 77.6 Å². The van der Waals surface area contributed by atoms with Crippen LogP contribution in [0.2, 0.25) is 0 Å². The van der Waals surface area contributed by atoms with Crippen LogP contribution in [0, 0.1) is 5.92 Å². The Morgan fingerprint density at radius 1 is 1.17 bits per heavy atom. The Kier molecular flexibility index (Phi) is 7.46. The first-order valence-corrected chi connectivity index (χ1v) is 11.1. The highest BCUT2D eigenvalue weighted by atomic mass is 32.2. The largest absolute Gasteiger partial charge is 0.354 e. The molecule has 0 saturated heterocycles. The lowest BCUT2D eigenvalue weighted by molar-refractivity contribution is -0.123. The van der Waals surface area contributed by atoms with Crippen LogP contribution in [0.5, 0.6) is 0 Å². The summed E-state index contributed by atoms with van der Waals surface area (Å²) in [5.41, 5.74) is 0.912. The van der Waals surface area contributed by atoms with Gasteiger partial charge >= 0.3 is 0 Å². The van der Waals surface area contributed by atoms with Gasteiger partial charge in [-0.1, -0.05) is 55.9 Å². The van der Waals surface area contributed by atoms with Crippen LogP contribution in [0.15, 0.2) is 53.9 Å². The molecule has 29 heavy (non-hydrogen) atoms. The highest BCUT2D eigenvalue weighted by molar-refractivity contribution is 7.98. The summed E-state index contributed by atoms with van der Waals surface area (Å²) in [5.74, 6) is 1.44. The van der Waals surface area contributed by atoms with Crippen molar-refractivity contribution in [2.24, 2.45) is 5.92 Å². The molecule has 3 rings (SSSR count). The van der Waals surface area contributed by atoms with E-state index in [0.29, 0.717) is 12.5 Å². The molecule has 1 atom stereocenters. The zero-order chi connectivity index (χ0) is 20.6. The third-order valence-corrected chi connectivity index (χ3v) is 5.22. The fourth-order valence-electron chi connectivity index (χ4n) is 3.25. The maximum Gasteiger partial charge on any atom is 0.249 e. The van der Waals surface area contributed by atoms with E-state index in [1.165, 1.54) is 0 Å². The van der Waals surface area contributed by atoms with Gasteiger partial charge in [0.1, 0.15) is 5.82 Å². The molecule has 0 aliphatic rings. The zero-order valence-electron chi connectivity index (χ0n) is 17.2. The Bertz CT molecular complexity index is 891. The summed E-state index contributed by atoms with van der Waals surface area (Å²) < 4.78 is 3.88. The summed E-state index contributed by atoms with van der Waals surface area (Å²) in [6, 6.07) is 11.1. The minimum Gasteiger partial charge on any atom is -0.354 e.